The number of benzene rings is 1. The highest BCUT2D eigenvalue weighted by atomic mass is 32.2. The van der Waals surface area contributed by atoms with Gasteiger partial charge in [-0.15, -0.1) is 0 Å². The van der Waals surface area contributed by atoms with Crippen LogP contribution in [0.5, 0.6) is 5.75 Å². The van der Waals surface area contributed by atoms with E-state index in [-0.39, 0.29) is 5.25 Å². The van der Waals surface area contributed by atoms with Gasteiger partial charge in [-0.1, -0.05) is 12.1 Å². The fourth-order valence-electron chi connectivity index (χ4n) is 2.52. The first-order valence-corrected chi connectivity index (χ1v) is 7.68. The molecule has 0 heterocycles. The third-order valence-corrected chi connectivity index (χ3v) is 5.86. The highest BCUT2D eigenvalue weighted by Crippen LogP contribution is 2.33. The molecule has 2 unspecified atom stereocenters. The Labute approximate surface area is 108 Å². The van der Waals surface area contributed by atoms with Crippen LogP contribution in [0.4, 0.5) is 0 Å². The molecule has 5 heteroatoms. The summed E-state index contributed by atoms with van der Waals surface area (Å²) >= 11 is 0. The summed E-state index contributed by atoms with van der Waals surface area (Å²) in [5, 5.41) is 2.85. The van der Waals surface area contributed by atoms with E-state index in [0.717, 1.165) is 6.42 Å². The Morgan fingerprint density at radius 1 is 1.28 bits per heavy atom. The highest BCUT2D eigenvalue weighted by Gasteiger charge is 2.36. The molecule has 1 N–H and O–H groups in total. The summed E-state index contributed by atoms with van der Waals surface area (Å²) in [6, 6.07) is 7.14. The quantitative estimate of drug-likeness (QED) is 0.902. The molecule has 0 aliphatic heterocycles. The van der Waals surface area contributed by atoms with Crippen molar-refractivity contribution in [2.75, 3.05) is 14.2 Å². The van der Waals surface area contributed by atoms with Crippen molar-refractivity contribution in [3.8, 4) is 5.75 Å². The van der Waals surface area contributed by atoms with Crippen LogP contribution in [-0.2, 0) is 9.84 Å². The summed E-state index contributed by atoms with van der Waals surface area (Å²) in [6.45, 7) is 0. The van der Waals surface area contributed by atoms with Crippen molar-refractivity contribution in [1.29, 1.82) is 0 Å². The Balaban J connectivity index is 2.31. The molecule has 2 atom stereocenters. The van der Waals surface area contributed by atoms with Crippen LogP contribution in [0.15, 0.2) is 29.2 Å². The van der Waals surface area contributed by atoms with Crippen molar-refractivity contribution < 1.29 is 13.2 Å². The minimum absolute atomic E-state index is 0.300. The first kappa shape index (κ1) is 13.4. The smallest absolute Gasteiger partial charge is 0.184 e. The van der Waals surface area contributed by atoms with E-state index < -0.39 is 9.84 Å². The van der Waals surface area contributed by atoms with Gasteiger partial charge in [0.25, 0.3) is 0 Å². The second-order valence-corrected chi connectivity index (χ2v) is 6.81. The average molecular weight is 269 g/mol. The van der Waals surface area contributed by atoms with E-state index in [4.69, 9.17) is 4.74 Å². The topological polar surface area (TPSA) is 55.4 Å². The summed E-state index contributed by atoms with van der Waals surface area (Å²) in [5.74, 6) is 0.436. The molecule has 1 aromatic carbocycles. The standard InChI is InChI=1S/C13H19NO3S/c1-14-10-7-8-11(9-10)18(15,16)13-6-4-3-5-12(13)17-2/h3-6,10-11,14H,7-9H2,1-2H3. The third kappa shape index (κ3) is 2.37. The van der Waals surface area contributed by atoms with E-state index in [0.29, 0.717) is 29.5 Å². The van der Waals surface area contributed by atoms with Gasteiger partial charge in [0.15, 0.2) is 9.84 Å². The number of ether oxygens (including phenoxy) is 1. The largest absolute Gasteiger partial charge is 0.495 e. The molecule has 4 nitrogen and oxygen atoms in total. The van der Waals surface area contributed by atoms with Crippen molar-refractivity contribution >= 4 is 9.84 Å². The zero-order chi connectivity index (χ0) is 13.2. The molecule has 0 bridgehead atoms. The number of methoxy groups -OCH3 is 1. The Morgan fingerprint density at radius 2 is 2.00 bits per heavy atom. The van der Waals surface area contributed by atoms with Gasteiger partial charge in [-0.3, -0.25) is 0 Å². The molecule has 0 amide bonds. The minimum Gasteiger partial charge on any atom is -0.495 e. The molecule has 0 spiro atoms. The number of sulfone groups is 1. The Hall–Kier alpha value is -1.07. The lowest BCUT2D eigenvalue weighted by Crippen LogP contribution is -2.25. The molecule has 1 fully saturated rings. The Bertz CT molecular complexity index is 513. The van der Waals surface area contributed by atoms with Crippen molar-refractivity contribution in [2.24, 2.45) is 0 Å². The SMILES string of the molecule is CNC1CCC(S(=O)(=O)c2ccccc2OC)C1. The van der Waals surface area contributed by atoms with Crippen molar-refractivity contribution in [2.45, 2.75) is 35.4 Å². The van der Waals surface area contributed by atoms with E-state index in [1.165, 1.54) is 7.11 Å². The summed E-state index contributed by atoms with van der Waals surface area (Å²) in [5.41, 5.74) is 0. The van der Waals surface area contributed by atoms with Gasteiger partial charge in [0.2, 0.25) is 0 Å². The minimum atomic E-state index is -3.29. The van der Waals surface area contributed by atoms with Crippen LogP contribution < -0.4 is 10.1 Å². The van der Waals surface area contributed by atoms with Crippen LogP contribution in [0.3, 0.4) is 0 Å². The van der Waals surface area contributed by atoms with Crippen LogP contribution >= 0.6 is 0 Å². The normalized spacial score (nSPS) is 24.1. The van der Waals surface area contributed by atoms with Gasteiger partial charge < -0.3 is 10.1 Å². The lowest BCUT2D eigenvalue weighted by molar-refractivity contribution is 0.402. The molecule has 0 aromatic heterocycles. The second-order valence-electron chi connectivity index (χ2n) is 4.62. The zero-order valence-corrected chi connectivity index (χ0v) is 11.5. The number of para-hydroxylation sites is 1. The van der Waals surface area contributed by atoms with Gasteiger partial charge in [0.1, 0.15) is 10.6 Å². The van der Waals surface area contributed by atoms with Gasteiger partial charge in [-0.2, -0.15) is 0 Å². The fourth-order valence-corrected chi connectivity index (χ4v) is 4.51. The molecule has 100 valence electrons. The molecule has 1 aromatic rings. The van der Waals surface area contributed by atoms with E-state index in [9.17, 15) is 8.42 Å². The van der Waals surface area contributed by atoms with Crippen molar-refractivity contribution in [3.63, 3.8) is 0 Å². The van der Waals surface area contributed by atoms with E-state index in [2.05, 4.69) is 5.32 Å². The monoisotopic (exact) mass is 269 g/mol. The highest BCUT2D eigenvalue weighted by molar-refractivity contribution is 7.92. The van der Waals surface area contributed by atoms with Crippen LogP contribution in [-0.4, -0.2) is 33.9 Å². The molecule has 2 rings (SSSR count). The Morgan fingerprint density at radius 3 is 2.61 bits per heavy atom. The van der Waals surface area contributed by atoms with E-state index >= 15 is 0 Å². The summed E-state index contributed by atoms with van der Waals surface area (Å²) in [7, 11) is 0.0877. The first-order valence-electron chi connectivity index (χ1n) is 6.13. The maximum absolute atomic E-state index is 12.6. The van der Waals surface area contributed by atoms with Gasteiger partial charge in [-0.05, 0) is 38.4 Å². The van der Waals surface area contributed by atoms with Gasteiger partial charge in [0, 0.05) is 6.04 Å². The van der Waals surface area contributed by atoms with Gasteiger partial charge in [0.05, 0.1) is 12.4 Å². The molecule has 0 saturated heterocycles. The first-order chi connectivity index (χ1) is 8.59. The molecule has 1 saturated carbocycles. The number of hydrogen-bond acceptors (Lipinski definition) is 4. The van der Waals surface area contributed by atoms with E-state index in [1.807, 2.05) is 7.05 Å². The van der Waals surface area contributed by atoms with Crippen molar-refractivity contribution in [3.05, 3.63) is 24.3 Å². The lowest BCUT2D eigenvalue weighted by Gasteiger charge is -2.14. The maximum atomic E-state index is 12.6. The predicted octanol–water partition coefficient (Wildman–Crippen LogP) is 1.61. The fraction of sp³-hybridized carbons (Fsp3) is 0.538. The van der Waals surface area contributed by atoms with Crippen LogP contribution in [0.1, 0.15) is 19.3 Å². The molecule has 1 aliphatic carbocycles. The van der Waals surface area contributed by atoms with Crippen molar-refractivity contribution in [1.82, 2.24) is 5.32 Å². The maximum Gasteiger partial charge on any atom is 0.184 e. The summed E-state index contributed by atoms with van der Waals surface area (Å²) < 4.78 is 30.3. The third-order valence-electron chi connectivity index (χ3n) is 3.61. The Kier molecular flexibility index (Phi) is 3.92. The molecular formula is C13H19NO3S. The molecule has 0 radical (unpaired) electrons. The predicted molar refractivity (Wildman–Crippen MR) is 70.7 cm³/mol. The van der Waals surface area contributed by atoms with E-state index in [1.54, 1.807) is 24.3 Å². The lowest BCUT2D eigenvalue weighted by atomic mass is 10.3. The molecule has 18 heavy (non-hydrogen) atoms. The number of rotatable bonds is 4. The average Bonchev–Trinajstić information content (AvgIpc) is 2.88. The van der Waals surface area contributed by atoms with Crippen LogP contribution in [0.25, 0.3) is 0 Å². The van der Waals surface area contributed by atoms with Crippen LogP contribution in [0, 0.1) is 0 Å². The second kappa shape index (κ2) is 5.28. The molecule has 1 aliphatic rings. The van der Waals surface area contributed by atoms with Crippen LogP contribution in [0.2, 0.25) is 0 Å². The van der Waals surface area contributed by atoms with Gasteiger partial charge in [-0.25, -0.2) is 8.42 Å². The van der Waals surface area contributed by atoms with Gasteiger partial charge >= 0.3 is 0 Å². The molecular weight excluding hydrogens is 250 g/mol. The summed E-state index contributed by atoms with van der Waals surface area (Å²) in [6.07, 6.45) is 2.30. The number of hydrogen-bond donors (Lipinski definition) is 1. The zero-order valence-electron chi connectivity index (χ0n) is 10.7. The summed E-state index contributed by atoms with van der Waals surface area (Å²) in [4.78, 5) is 0.314. The number of nitrogens with one attached hydrogen (secondary N) is 1.